The van der Waals surface area contributed by atoms with Crippen LogP contribution in [-0.2, 0) is 11.3 Å². The Hall–Kier alpha value is -2.82. The van der Waals surface area contributed by atoms with E-state index >= 15 is 0 Å². The zero-order valence-electron chi connectivity index (χ0n) is 17.8. The van der Waals surface area contributed by atoms with E-state index in [1.165, 1.54) is 11.1 Å². The fraction of sp³-hybridized carbons (Fsp3) is 0.440. The summed E-state index contributed by atoms with van der Waals surface area (Å²) in [5.41, 5.74) is 4.51. The van der Waals surface area contributed by atoms with Crippen LogP contribution >= 0.6 is 0 Å². The molecule has 1 aliphatic carbocycles. The smallest absolute Gasteiger partial charge is 0.223 e. The number of para-hydroxylation sites is 3. The van der Waals surface area contributed by atoms with Crippen molar-refractivity contribution >= 4 is 16.9 Å². The quantitative estimate of drug-likeness (QED) is 0.542. The minimum absolute atomic E-state index is 0.185. The van der Waals surface area contributed by atoms with Gasteiger partial charge in [0.2, 0.25) is 5.91 Å². The van der Waals surface area contributed by atoms with Gasteiger partial charge in [-0.05, 0) is 56.4 Å². The van der Waals surface area contributed by atoms with Crippen LogP contribution < -0.4 is 4.74 Å². The van der Waals surface area contributed by atoms with Gasteiger partial charge >= 0.3 is 0 Å². The number of hydrogen-bond donors (Lipinski definition) is 0. The SMILES string of the molecule is Cc1cccc(C)c1OCCCn1c(C2CC(=O)N(C3CC3)C2)nc2ccccc21. The Morgan fingerprint density at radius 1 is 1.07 bits per heavy atom. The number of carbonyl (C=O) groups is 1. The number of amides is 1. The van der Waals surface area contributed by atoms with Crippen LogP contribution in [0.5, 0.6) is 5.75 Å². The lowest BCUT2D eigenvalue weighted by atomic mass is 10.1. The summed E-state index contributed by atoms with van der Waals surface area (Å²) in [6, 6.07) is 15.0. The number of likely N-dealkylation sites (tertiary alicyclic amines) is 1. The molecule has 1 aliphatic heterocycles. The number of benzene rings is 2. The Labute approximate surface area is 177 Å². The first-order valence-electron chi connectivity index (χ1n) is 11.1. The van der Waals surface area contributed by atoms with E-state index < -0.39 is 0 Å². The van der Waals surface area contributed by atoms with Crippen LogP contribution in [0.2, 0.25) is 0 Å². The second kappa shape index (κ2) is 7.78. The van der Waals surface area contributed by atoms with Gasteiger partial charge in [-0.25, -0.2) is 4.98 Å². The van der Waals surface area contributed by atoms with Crippen molar-refractivity contribution in [2.45, 2.75) is 58.0 Å². The number of imidazole rings is 1. The van der Waals surface area contributed by atoms with E-state index in [4.69, 9.17) is 9.72 Å². The molecule has 1 amide bonds. The van der Waals surface area contributed by atoms with Crippen LogP contribution in [0.4, 0.5) is 0 Å². The van der Waals surface area contributed by atoms with Crippen LogP contribution in [0.3, 0.4) is 0 Å². The Bertz CT molecular complexity index is 1060. The molecular formula is C25H29N3O2. The van der Waals surface area contributed by atoms with E-state index in [1.807, 2.05) is 6.07 Å². The molecule has 0 radical (unpaired) electrons. The normalized spacial score (nSPS) is 19.1. The van der Waals surface area contributed by atoms with Gasteiger partial charge in [-0.1, -0.05) is 30.3 Å². The molecule has 2 aromatic carbocycles. The van der Waals surface area contributed by atoms with Gasteiger partial charge in [0.1, 0.15) is 11.6 Å². The number of fused-ring (bicyclic) bond motifs is 1. The molecule has 1 unspecified atom stereocenters. The first-order valence-corrected chi connectivity index (χ1v) is 11.1. The molecule has 0 N–H and O–H groups in total. The zero-order valence-corrected chi connectivity index (χ0v) is 17.8. The number of ether oxygens (including phenoxy) is 1. The van der Waals surface area contributed by atoms with E-state index in [0.717, 1.165) is 55.0 Å². The topological polar surface area (TPSA) is 47.4 Å². The third-order valence-electron chi connectivity index (χ3n) is 6.38. The van der Waals surface area contributed by atoms with E-state index in [9.17, 15) is 4.79 Å². The van der Waals surface area contributed by atoms with Crippen LogP contribution in [0.15, 0.2) is 42.5 Å². The van der Waals surface area contributed by atoms with Crippen LogP contribution in [0.1, 0.15) is 48.6 Å². The third-order valence-corrected chi connectivity index (χ3v) is 6.38. The Morgan fingerprint density at radius 2 is 1.83 bits per heavy atom. The molecule has 5 heteroatoms. The summed E-state index contributed by atoms with van der Waals surface area (Å²) in [5, 5.41) is 0. The molecule has 2 aliphatic rings. The van der Waals surface area contributed by atoms with Crippen molar-refractivity contribution in [1.29, 1.82) is 0 Å². The summed E-state index contributed by atoms with van der Waals surface area (Å²) in [6.45, 7) is 6.50. The standard InChI is InChI=1S/C25H29N3O2/c1-17-7-5-8-18(2)24(17)30-14-6-13-27-22-10-4-3-9-21(22)26-25(27)19-15-23(29)28(16-19)20-11-12-20/h3-5,7-10,19-20H,6,11-16H2,1-2H3. The van der Waals surface area contributed by atoms with Crippen molar-refractivity contribution in [3.8, 4) is 5.75 Å². The average molecular weight is 404 g/mol. The van der Waals surface area contributed by atoms with Gasteiger partial charge in [-0.3, -0.25) is 4.79 Å². The van der Waals surface area contributed by atoms with Crippen LogP contribution in [-0.4, -0.2) is 39.6 Å². The predicted molar refractivity (Wildman–Crippen MR) is 118 cm³/mol. The summed E-state index contributed by atoms with van der Waals surface area (Å²) >= 11 is 0. The van der Waals surface area contributed by atoms with Gasteiger partial charge in [0.15, 0.2) is 0 Å². The summed E-state index contributed by atoms with van der Waals surface area (Å²) in [7, 11) is 0. The molecule has 0 bridgehead atoms. The van der Waals surface area contributed by atoms with Gasteiger partial charge in [0, 0.05) is 31.5 Å². The Morgan fingerprint density at radius 3 is 2.60 bits per heavy atom. The summed E-state index contributed by atoms with van der Waals surface area (Å²) < 4.78 is 8.44. The maximum absolute atomic E-state index is 12.5. The lowest BCUT2D eigenvalue weighted by Gasteiger charge is -2.17. The highest BCUT2D eigenvalue weighted by Gasteiger charge is 2.41. The maximum atomic E-state index is 12.5. The summed E-state index contributed by atoms with van der Waals surface area (Å²) in [5.74, 6) is 2.53. The maximum Gasteiger partial charge on any atom is 0.223 e. The first kappa shape index (κ1) is 19.2. The molecule has 5 nitrogen and oxygen atoms in total. The van der Waals surface area contributed by atoms with Gasteiger partial charge in [-0.15, -0.1) is 0 Å². The number of aryl methyl sites for hydroxylation is 3. The third kappa shape index (κ3) is 3.57. The van der Waals surface area contributed by atoms with E-state index in [1.54, 1.807) is 0 Å². The number of rotatable bonds is 7. The van der Waals surface area contributed by atoms with Gasteiger partial charge in [0.05, 0.1) is 17.6 Å². The zero-order chi connectivity index (χ0) is 20.7. The number of carbonyl (C=O) groups excluding carboxylic acids is 1. The van der Waals surface area contributed by atoms with E-state index in [-0.39, 0.29) is 5.92 Å². The molecular weight excluding hydrogens is 374 g/mol. The van der Waals surface area contributed by atoms with Crippen LogP contribution in [0.25, 0.3) is 11.0 Å². The molecule has 1 atom stereocenters. The van der Waals surface area contributed by atoms with Crippen LogP contribution in [0, 0.1) is 13.8 Å². The van der Waals surface area contributed by atoms with Crippen molar-refractivity contribution in [1.82, 2.24) is 14.5 Å². The summed E-state index contributed by atoms with van der Waals surface area (Å²) in [4.78, 5) is 19.5. The molecule has 1 saturated heterocycles. The Balaban J connectivity index is 1.33. The highest BCUT2D eigenvalue weighted by atomic mass is 16.5. The van der Waals surface area contributed by atoms with E-state index in [0.29, 0.717) is 25.0 Å². The first-order chi connectivity index (χ1) is 14.6. The summed E-state index contributed by atoms with van der Waals surface area (Å²) in [6.07, 6.45) is 3.79. The molecule has 1 saturated carbocycles. The highest BCUT2D eigenvalue weighted by Crippen LogP contribution is 2.37. The fourth-order valence-electron chi connectivity index (χ4n) is 4.71. The van der Waals surface area contributed by atoms with Gasteiger partial charge in [-0.2, -0.15) is 0 Å². The van der Waals surface area contributed by atoms with Crippen molar-refractivity contribution in [2.24, 2.45) is 0 Å². The lowest BCUT2D eigenvalue weighted by molar-refractivity contribution is -0.128. The predicted octanol–water partition coefficient (Wildman–Crippen LogP) is 4.60. The van der Waals surface area contributed by atoms with E-state index in [2.05, 4.69) is 59.7 Å². The molecule has 0 spiro atoms. The largest absolute Gasteiger partial charge is 0.493 e. The fourth-order valence-corrected chi connectivity index (χ4v) is 4.71. The number of aromatic nitrogens is 2. The molecule has 1 aromatic heterocycles. The molecule has 156 valence electrons. The average Bonchev–Trinajstić information content (AvgIpc) is 3.41. The number of hydrogen-bond acceptors (Lipinski definition) is 3. The minimum atomic E-state index is 0.185. The molecule has 2 fully saturated rings. The molecule has 2 heterocycles. The second-order valence-corrected chi connectivity index (χ2v) is 8.71. The van der Waals surface area contributed by atoms with Crippen molar-refractivity contribution in [2.75, 3.05) is 13.2 Å². The molecule has 5 rings (SSSR count). The lowest BCUT2D eigenvalue weighted by Crippen LogP contribution is -2.27. The van der Waals surface area contributed by atoms with Crippen molar-refractivity contribution in [3.63, 3.8) is 0 Å². The number of nitrogens with zero attached hydrogens (tertiary/aromatic N) is 3. The monoisotopic (exact) mass is 403 g/mol. The van der Waals surface area contributed by atoms with Gasteiger partial charge in [0.25, 0.3) is 0 Å². The Kier molecular flexibility index (Phi) is 4.97. The molecule has 3 aromatic rings. The van der Waals surface area contributed by atoms with Gasteiger partial charge < -0.3 is 14.2 Å². The second-order valence-electron chi connectivity index (χ2n) is 8.71. The highest BCUT2D eigenvalue weighted by molar-refractivity contribution is 5.81. The van der Waals surface area contributed by atoms with Crippen molar-refractivity contribution < 1.29 is 9.53 Å². The molecule has 30 heavy (non-hydrogen) atoms. The minimum Gasteiger partial charge on any atom is -0.493 e. The van der Waals surface area contributed by atoms with Crippen molar-refractivity contribution in [3.05, 3.63) is 59.4 Å².